The number of hydrogen-bond donors (Lipinski definition) is 1. The van der Waals surface area contributed by atoms with Gasteiger partial charge in [0.1, 0.15) is 11.5 Å². The largest absolute Gasteiger partial charge is 0.503 e. The first kappa shape index (κ1) is 23.8. The average molecular weight is 503 g/mol. The number of aliphatic hydroxyl groups is 1. The Morgan fingerprint density at radius 2 is 2.00 bits per heavy atom. The van der Waals surface area contributed by atoms with Crippen molar-refractivity contribution in [3.63, 3.8) is 0 Å². The molecule has 2 aromatic carbocycles. The molecule has 36 heavy (non-hydrogen) atoms. The lowest BCUT2D eigenvalue weighted by molar-refractivity contribution is -0.117. The molecule has 2 aromatic heterocycles. The Morgan fingerprint density at radius 3 is 2.75 bits per heavy atom. The number of ether oxygens (including phenoxy) is 1. The van der Waals surface area contributed by atoms with Gasteiger partial charge in [0.25, 0.3) is 5.91 Å². The fourth-order valence-corrected chi connectivity index (χ4v) is 5.36. The molecule has 3 heterocycles. The van der Waals surface area contributed by atoms with Crippen LogP contribution in [0.2, 0.25) is 0 Å². The number of nitrogens with zero attached hydrogens (tertiary/aromatic N) is 2. The minimum absolute atomic E-state index is 0.0458. The number of amides is 1. The standard InChI is InChI=1S/C28H26N2O5S/c1-4-5-13-34-19-8-6-7-18(15-19)24-23(25(31)21-12-10-17(3)35-21)26(32)27(33)30(24)28-29-20-11-9-16(2)14-22(20)36-28/h6-12,14-15,24,32H,4-5,13H2,1-3H3. The molecule has 0 aliphatic carbocycles. The quantitative estimate of drug-likeness (QED) is 0.219. The Bertz CT molecular complexity index is 1500. The molecule has 0 saturated carbocycles. The number of aryl methyl sites for hydroxylation is 2. The first-order valence-electron chi connectivity index (χ1n) is 11.8. The molecule has 0 radical (unpaired) electrons. The molecule has 1 amide bonds. The fraction of sp³-hybridized carbons (Fsp3) is 0.250. The van der Waals surface area contributed by atoms with Crippen LogP contribution in [0.4, 0.5) is 5.13 Å². The van der Waals surface area contributed by atoms with Crippen LogP contribution in [0.15, 0.2) is 70.3 Å². The van der Waals surface area contributed by atoms with E-state index in [1.807, 2.05) is 43.3 Å². The van der Waals surface area contributed by atoms with E-state index in [4.69, 9.17) is 9.15 Å². The molecule has 1 N–H and O–H groups in total. The Labute approximate surface area is 212 Å². The van der Waals surface area contributed by atoms with Gasteiger partial charge >= 0.3 is 0 Å². The van der Waals surface area contributed by atoms with Crippen LogP contribution in [0.3, 0.4) is 0 Å². The van der Waals surface area contributed by atoms with Crippen molar-refractivity contribution in [2.45, 2.75) is 39.7 Å². The van der Waals surface area contributed by atoms with Gasteiger partial charge in [-0.15, -0.1) is 0 Å². The van der Waals surface area contributed by atoms with Crippen LogP contribution in [0, 0.1) is 13.8 Å². The van der Waals surface area contributed by atoms with Crippen LogP contribution >= 0.6 is 11.3 Å². The summed E-state index contributed by atoms with van der Waals surface area (Å²) < 4.78 is 12.4. The van der Waals surface area contributed by atoms with E-state index >= 15 is 0 Å². The van der Waals surface area contributed by atoms with E-state index in [-0.39, 0.29) is 11.3 Å². The number of fused-ring (bicyclic) bond motifs is 1. The minimum Gasteiger partial charge on any atom is -0.503 e. The second kappa shape index (κ2) is 9.62. The third-order valence-electron chi connectivity index (χ3n) is 6.10. The van der Waals surface area contributed by atoms with Gasteiger partial charge in [0, 0.05) is 0 Å². The zero-order valence-electron chi connectivity index (χ0n) is 20.3. The normalized spacial score (nSPS) is 15.8. The molecule has 5 rings (SSSR count). The monoisotopic (exact) mass is 502 g/mol. The van der Waals surface area contributed by atoms with Crippen LogP contribution in [0.25, 0.3) is 10.2 Å². The molecule has 0 saturated heterocycles. The van der Waals surface area contributed by atoms with Gasteiger partial charge in [-0.25, -0.2) is 4.98 Å². The Balaban J connectivity index is 1.63. The highest BCUT2D eigenvalue weighted by Crippen LogP contribution is 2.44. The van der Waals surface area contributed by atoms with Crippen LogP contribution in [-0.4, -0.2) is 28.4 Å². The number of ketones is 1. The van der Waals surface area contributed by atoms with Crippen molar-refractivity contribution < 1.29 is 23.8 Å². The molecular weight excluding hydrogens is 476 g/mol. The van der Waals surface area contributed by atoms with E-state index in [9.17, 15) is 14.7 Å². The number of carbonyl (C=O) groups is 2. The molecule has 1 aliphatic rings. The van der Waals surface area contributed by atoms with Gasteiger partial charge in [0.15, 0.2) is 16.7 Å². The molecule has 0 fully saturated rings. The topological polar surface area (TPSA) is 92.9 Å². The number of thiazole rings is 1. The Morgan fingerprint density at radius 1 is 1.17 bits per heavy atom. The SMILES string of the molecule is CCCCOc1cccc(C2C(C(=O)c3ccc(C)o3)=C(O)C(=O)N2c2nc3ccc(C)cc3s2)c1. The lowest BCUT2D eigenvalue weighted by Gasteiger charge is -2.24. The Kier molecular flexibility index (Phi) is 6.36. The third kappa shape index (κ3) is 4.28. The summed E-state index contributed by atoms with van der Waals surface area (Å²) in [7, 11) is 0. The van der Waals surface area contributed by atoms with E-state index in [1.54, 1.807) is 25.1 Å². The van der Waals surface area contributed by atoms with Gasteiger partial charge in [-0.3, -0.25) is 14.5 Å². The predicted octanol–water partition coefficient (Wildman–Crippen LogP) is 6.47. The lowest BCUT2D eigenvalue weighted by Crippen LogP contribution is -2.31. The van der Waals surface area contributed by atoms with E-state index in [0.717, 1.165) is 28.6 Å². The zero-order valence-corrected chi connectivity index (χ0v) is 21.1. The molecule has 1 unspecified atom stereocenters. The molecule has 1 atom stereocenters. The molecule has 184 valence electrons. The Hall–Kier alpha value is -3.91. The summed E-state index contributed by atoms with van der Waals surface area (Å²) in [5.41, 5.74) is 2.40. The average Bonchev–Trinajstić information content (AvgIpc) is 3.55. The number of benzene rings is 2. The van der Waals surface area contributed by atoms with E-state index in [1.165, 1.54) is 16.2 Å². The molecule has 8 heteroatoms. The number of carbonyl (C=O) groups excluding carboxylic acids is 2. The first-order chi connectivity index (χ1) is 17.4. The molecule has 0 spiro atoms. The van der Waals surface area contributed by atoms with Crippen molar-refractivity contribution in [2.24, 2.45) is 0 Å². The highest BCUT2D eigenvalue weighted by atomic mass is 32.1. The zero-order chi connectivity index (χ0) is 25.4. The van der Waals surface area contributed by atoms with Crippen LogP contribution < -0.4 is 9.64 Å². The number of unbranched alkanes of at least 4 members (excludes halogenated alkanes) is 1. The maximum Gasteiger partial charge on any atom is 0.296 e. The number of rotatable bonds is 8. The predicted molar refractivity (Wildman–Crippen MR) is 139 cm³/mol. The molecule has 7 nitrogen and oxygen atoms in total. The highest BCUT2D eigenvalue weighted by Gasteiger charge is 2.46. The second-order valence-corrected chi connectivity index (χ2v) is 9.83. The molecular formula is C28H26N2O5S. The molecule has 1 aliphatic heterocycles. The van der Waals surface area contributed by atoms with Crippen LogP contribution in [-0.2, 0) is 4.79 Å². The van der Waals surface area contributed by atoms with Crippen molar-refractivity contribution >= 4 is 38.4 Å². The van der Waals surface area contributed by atoms with E-state index < -0.39 is 23.5 Å². The first-order valence-corrected chi connectivity index (χ1v) is 12.7. The summed E-state index contributed by atoms with van der Waals surface area (Å²) in [5.74, 6) is -0.587. The number of aromatic nitrogens is 1. The van der Waals surface area contributed by atoms with Gasteiger partial charge in [-0.2, -0.15) is 0 Å². The number of aliphatic hydroxyl groups excluding tert-OH is 1. The number of Topliss-reactive ketones (excluding diaryl/α,β-unsaturated/α-hetero) is 1. The maximum absolute atomic E-state index is 13.6. The summed E-state index contributed by atoms with van der Waals surface area (Å²) in [6, 6.07) is 15.4. The summed E-state index contributed by atoms with van der Waals surface area (Å²) in [6.07, 6.45) is 1.91. The van der Waals surface area contributed by atoms with Crippen molar-refractivity contribution in [1.29, 1.82) is 0 Å². The maximum atomic E-state index is 13.6. The second-order valence-electron chi connectivity index (χ2n) is 8.82. The third-order valence-corrected chi connectivity index (χ3v) is 7.11. The highest BCUT2D eigenvalue weighted by molar-refractivity contribution is 7.22. The fourth-order valence-electron chi connectivity index (χ4n) is 4.27. The number of anilines is 1. The molecule has 4 aromatic rings. The van der Waals surface area contributed by atoms with E-state index in [0.29, 0.717) is 28.8 Å². The lowest BCUT2D eigenvalue weighted by atomic mass is 9.95. The van der Waals surface area contributed by atoms with E-state index in [2.05, 4.69) is 11.9 Å². The number of furan rings is 1. The van der Waals surface area contributed by atoms with Gasteiger partial charge in [0.2, 0.25) is 5.78 Å². The summed E-state index contributed by atoms with van der Waals surface area (Å²) in [5, 5.41) is 11.4. The van der Waals surface area contributed by atoms with Gasteiger partial charge in [-0.05, 0) is 67.8 Å². The van der Waals surface area contributed by atoms with Gasteiger partial charge in [-0.1, -0.05) is 42.9 Å². The minimum atomic E-state index is -0.896. The van der Waals surface area contributed by atoms with Crippen LogP contribution in [0.1, 0.15) is 53.2 Å². The van der Waals surface area contributed by atoms with Crippen LogP contribution in [0.5, 0.6) is 5.75 Å². The summed E-state index contributed by atoms with van der Waals surface area (Å²) >= 11 is 1.34. The van der Waals surface area contributed by atoms with Crippen molar-refractivity contribution in [2.75, 3.05) is 11.5 Å². The summed E-state index contributed by atoms with van der Waals surface area (Å²) in [6.45, 7) is 6.36. The smallest absolute Gasteiger partial charge is 0.296 e. The van der Waals surface area contributed by atoms with Crippen molar-refractivity contribution in [3.8, 4) is 5.75 Å². The van der Waals surface area contributed by atoms with Gasteiger partial charge in [0.05, 0.1) is 28.4 Å². The number of hydrogen-bond acceptors (Lipinski definition) is 7. The van der Waals surface area contributed by atoms with Crippen molar-refractivity contribution in [3.05, 3.63) is 88.6 Å². The summed E-state index contributed by atoms with van der Waals surface area (Å²) in [4.78, 5) is 33.1. The van der Waals surface area contributed by atoms with Crippen molar-refractivity contribution in [1.82, 2.24) is 4.98 Å². The molecule has 0 bridgehead atoms. The van der Waals surface area contributed by atoms with Gasteiger partial charge < -0.3 is 14.3 Å².